The molecule has 0 bridgehead atoms. The van der Waals surface area contributed by atoms with Crippen molar-refractivity contribution < 1.29 is 5.11 Å². The van der Waals surface area contributed by atoms with Gasteiger partial charge in [0.1, 0.15) is 0 Å². The Morgan fingerprint density at radius 2 is 1.90 bits per heavy atom. The summed E-state index contributed by atoms with van der Waals surface area (Å²) in [7, 11) is 0. The van der Waals surface area contributed by atoms with Gasteiger partial charge in [0, 0.05) is 25.2 Å². The molecular formula is C18H36N2O. The average Bonchev–Trinajstić information content (AvgIpc) is 2.85. The van der Waals surface area contributed by atoms with E-state index >= 15 is 0 Å². The number of nitrogens with zero attached hydrogens (tertiary/aromatic N) is 1. The van der Waals surface area contributed by atoms with Crippen molar-refractivity contribution in [1.82, 2.24) is 10.2 Å². The first-order chi connectivity index (χ1) is 9.80. The molecule has 1 saturated heterocycles. The summed E-state index contributed by atoms with van der Waals surface area (Å²) in [5.41, 5.74) is 0.663. The first-order valence-electron chi connectivity index (χ1n) is 8.95. The van der Waals surface area contributed by atoms with Gasteiger partial charge in [-0.15, -0.1) is 0 Å². The second kappa shape index (κ2) is 6.97. The van der Waals surface area contributed by atoms with Crippen molar-refractivity contribution in [3.8, 4) is 0 Å². The molecule has 2 N–H and O–H groups in total. The SMILES string of the molecule is CC(O)C1CCN(CC2(CNC(C)(C)C)CCCCC2)C1. The lowest BCUT2D eigenvalue weighted by Gasteiger charge is -2.42. The third kappa shape index (κ3) is 5.22. The predicted molar refractivity (Wildman–Crippen MR) is 89.5 cm³/mol. The zero-order valence-corrected chi connectivity index (χ0v) is 14.6. The third-order valence-electron chi connectivity index (χ3n) is 5.46. The van der Waals surface area contributed by atoms with Gasteiger partial charge in [0.05, 0.1) is 6.10 Å². The molecule has 2 aliphatic rings. The van der Waals surface area contributed by atoms with Crippen LogP contribution in [-0.2, 0) is 0 Å². The Balaban J connectivity index is 1.93. The molecule has 2 rings (SSSR count). The van der Waals surface area contributed by atoms with Crippen molar-refractivity contribution in [3.63, 3.8) is 0 Å². The van der Waals surface area contributed by atoms with Crippen molar-refractivity contribution in [2.75, 3.05) is 26.2 Å². The van der Waals surface area contributed by atoms with E-state index in [1.54, 1.807) is 0 Å². The van der Waals surface area contributed by atoms with E-state index in [1.807, 2.05) is 6.92 Å². The minimum Gasteiger partial charge on any atom is -0.393 e. The fraction of sp³-hybridized carbons (Fsp3) is 1.00. The Hall–Kier alpha value is -0.120. The van der Waals surface area contributed by atoms with Gasteiger partial charge in [-0.1, -0.05) is 19.3 Å². The van der Waals surface area contributed by atoms with Crippen molar-refractivity contribution in [1.29, 1.82) is 0 Å². The maximum absolute atomic E-state index is 9.81. The summed E-state index contributed by atoms with van der Waals surface area (Å²) in [5.74, 6) is 0.487. The van der Waals surface area contributed by atoms with Crippen molar-refractivity contribution in [2.24, 2.45) is 11.3 Å². The van der Waals surface area contributed by atoms with E-state index in [9.17, 15) is 5.11 Å². The maximum Gasteiger partial charge on any atom is 0.0552 e. The van der Waals surface area contributed by atoms with Crippen LogP contribution in [0, 0.1) is 11.3 Å². The molecule has 3 nitrogen and oxygen atoms in total. The van der Waals surface area contributed by atoms with E-state index in [0.717, 1.165) is 13.1 Å². The number of rotatable bonds is 5. The smallest absolute Gasteiger partial charge is 0.0552 e. The summed E-state index contributed by atoms with van der Waals surface area (Å²) in [5, 5.41) is 13.6. The maximum atomic E-state index is 9.81. The Morgan fingerprint density at radius 1 is 1.24 bits per heavy atom. The lowest BCUT2D eigenvalue weighted by Crippen LogP contribution is -2.49. The van der Waals surface area contributed by atoms with E-state index < -0.39 is 0 Å². The summed E-state index contributed by atoms with van der Waals surface area (Å²) in [6.07, 6.45) is 7.94. The largest absolute Gasteiger partial charge is 0.393 e. The van der Waals surface area contributed by atoms with Crippen LogP contribution in [0.1, 0.15) is 66.2 Å². The molecule has 0 spiro atoms. The molecule has 0 aromatic rings. The Bertz CT molecular complexity index is 316. The summed E-state index contributed by atoms with van der Waals surface area (Å²) in [6, 6.07) is 0. The monoisotopic (exact) mass is 296 g/mol. The van der Waals surface area contributed by atoms with Crippen LogP contribution in [0.2, 0.25) is 0 Å². The van der Waals surface area contributed by atoms with Crippen LogP contribution >= 0.6 is 0 Å². The minimum absolute atomic E-state index is 0.148. The molecule has 0 radical (unpaired) electrons. The fourth-order valence-electron chi connectivity index (χ4n) is 4.02. The van der Waals surface area contributed by atoms with Gasteiger partial charge in [0.15, 0.2) is 0 Å². The fourth-order valence-corrected chi connectivity index (χ4v) is 4.02. The van der Waals surface area contributed by atoms with Crippen LogP contribution in [-0.4, -0.2) is 47.8 Å². The lowest BCUT2D eigenvalue weighted by atomic mass is 9.73. The number of likely N-dealkylation sites (tertiary alicyclic amines) is 1. The van der Waals surface area contributed by atoms with E-state index in [4.69, 9.17) is 0 Å². The molecular weight excluding hydrogens is 260 g/mol. The van der Waals surface area contributed by atoms with Crippen molar-refractivity contribution in [2.45, 2.75) is 77.9 Å². The van der Waals surface area contributed by atoms with Crippen LogP contribution in [0.25, 0.3) is 0 Å². The number of aliphatic hydroxyl groups is 1. The number of aliphatic hydroxyl groups excluding tert-OH is 1. The molecule has 2 fully saturated rings. The average molecular weight is 296 g/mol. The molecule has 2 unspecified atom stereocenters. The molecule has 1 aliphatic carbocycles. The van der Waals surface area contributed by atoms with E-state index in [2.05, 4.69) is 31.0 Å². The Kier molecular flexibility index (Phi) is 5.72. The van der Waals surface area contributed by atoms with Crippen molar-refractivity contribution in [3.05, 3.63) is 0 Å². The third-order valence-corrected chi connectivity index (χ3v) is 5.46. The van der Waals surface area contributed by atoms with E-state index in [0.29, 0.717) is 11.3 Å². The summed E-state index contributed by atoms with van der Waals surface area (Å²) >= 11 is 0. The first kappa shape index (κ1) is 17.2. The molecule has 1 saturated carbocycles. The van der Waals surface area contributed by atoms with Gasteiger partial charge in [-0.25, -0.2) is 0 Å². The van der Waals surface area contributed by atoms with E-state index in [1.165, 1.54) is 51.6 Å². The molecule has 0 aromatic heterocycles. The first-order valence-corrected chi connectivity index (χ1v) is 8.95. The number of hydrogen-bond donors (Lipinski definition) is 2. The van der Waals surface area contributed by atoms with Crippen LogP contribution in [0.4, 0.5) is 0 Å². The Morgan fingerprint density at radius 3 is 2.43 bits per heavy atom. The van der Waals surface area contributed by atoms with Crippen LogP contribution in [0.5, 0.6) is 0 Å². The van der Waals surface area contributed by atoms with Gasteiger partial charge in [0.25, 0.3) is 0 Å². The molecule has 2 atom stereocenters. The number of nitrogens with one attached hydrogen (secondary N) is 1. The van der Waals surface area contributed by atoms with Crippen LogP contribution in [0.15, 0.2) is 0 Å². The topological polar surface area (TPSA) is 35.5 Å². The van der Waals surface area contributed by atoms with Crippen molar-refractivity contribution >= 4 is 0 Å². The molecule has 124 valence electrons. The standard InChI is InChI=1S/C18H36N2O/c1-15(21)16-8-11-20(12-16)14-18(9-6-5-7-10-18)13-19-17(2,3)4/h15-16,19,21H,5-14H2,1-4H3. The van der Waals surface area contributed by atoms with Gasteiger partial charge < -0.3 is 15.3 Å². The van der Waals surface area contributed by atoms with Gasteiger partial charge >= 0.3 is 0 Å². The highest BCUT2D eigenvalue weighted by Crippen LogP contribution is 2.38. The summed E-state index contributed by atoms with van der Waals surface area (Å²) < 4.78 is 0. The molecule has 21 heavy (non-hydrogen) atoms. The number of hydrogen-bond acceptors (Lipinski definition) is 3. The summed E-state index contributed by atoms with van der Waals surface area (Å²) in [4.78, 5) is 2.62. The van der Waals surface area contributed by atoms with Gasteiger partial charge in [-0.05, 0) is 64.8 Å². The summed E-state index contributed by atoms with van der Waals surface area (Å²) in [6.45, 7) is 13.4. The van der Waals surface area contributed by atoms with Crippen LogP contribution < -0.4 is 5.32 Å². The highest BCUT2D eigenvalue weighted by atomic mass is 16.3. The normalized spacial score (nSPS) is 28.7. The Labute approximate surface area is 131 Å². The van der Waals surface area contributed by atoms with E-state index in [-0.39, 0.29) is 11.6 Å². The lowest BCUT2D eigenvalue weighted by molar-refractivity contribution is 0.0923. The predicted octanol–water partition coefficient (Wildman–Crippen LogP) is 3.03. The second-order valence-corrected chi connectivity index (χ2v) is 8.69. The highest BCUT2D eigenvalue weighted by Gasteiger charge is 2.37. The van der Waals surface area contributed by atoms with Gasteiger partial charge in [-0.2, -0.15) is 0 Å². The molecule has 1 aliphatic heterocycles. The van der Waals surface area contributed by atoms with Crippen LogP contribution in [0.3, 0.4) is 0 Å². The molecule has 3 heteroatoms. The second-order valence-electron chi connectivity index (χ2n) is 8.69. The minimum atomic E-state index is -0.148. The molecule has 0 amide bonds. The van der Waals surface area contributed by atoms with Gasteiger partial charge in [0.2, 0.25) is 0 Å². The highest BCUT2D eigenvalue weighted by molar-refractivity contribution is 4.92. The zero-order valence-electron chi connectivity index (χ0n) is 14.6. The zero-order chi connectivity index (χ0) is 15.5. The molecule has 1 heterocycles. The quantitative estimate of drug-likeness (QED) is 0.818. The van der Waals surface area contributed by atoms with Gasteiger partial charge in [-0.3, -0.25) is 0 Å². The molecule has 0 aromatic carbocycles.